The Hall–Kier alpha value is -2.34. The molecule has 2 rings (SSSR count). The lowest BCUT2D eigenvalue weighted by Gasteiger charge is -2.33. The SMILES string of the molecule is COCCn1c(C)c(C)c2cc(C(=O)NC(C)(CC(=O)O)C(C)C)ccc21. The Kier molecular flexibility index (Phi) is 6.31. The van der Waals surface area contributed by atoms with Crippen LogP contribution in [0.25, 0.3) is 10.9 Å². The number of benzene rings is 1. The van der Waals surface area contributed by atoms with Crippen LogP contribution in [0.2, 0.25) is 0 Å². The molecule has 1 unspecified atom stereocenters. The Bertz CT molecular complexity index is 853. The summed E-state index contributed by atoms with van der Waals surface area (Å²) < 4.78 is 7.39. The molecule has 1 atom stereocenters. The van der Waals surface area contributed by atoms with Crippen molar-refractivity contribution in [1.29, 1.82) is 0 Å². The van der Waals surface area contributed by atoms with Gasteiger partial charge in [-0.25, -0.2) is 0 Å². The summed E-state index contributed by atoms with van der Waals surface area (Å²) in [5, 5.41) is 13.2. The molecule has 2 N–H and O–H groups in total. The van der Waals surface area contributed by atoms with Gasteiger partial charge in [0.25, 0.3) is 5.91 Å². The number of carbonyl (C=O) groups is 2. The molecule has 0 aliphatic carbocycles. The summed E-state index contributed by atoms with van der Waals surface area (Å²) in [4.78, 5) is 24.1. The fourth-order valence-corrected chi connectivity index (χ4v) is 3.30. The third-order valence-corrected chi connectivity index (χ3v) is 5.61. The second-order valence-corrected chi connectivity index (χ2v) is 7.68. The molecule has 1 aromatic heterocycles. The molecular weight excluding hydrogens is 344 g/mol. The highest BCUT2D eigenvalue weighted by atomic mass is 16.5. The summed E-state index contributed by atoms with van der Waals surface area (Å²) in [5.41, 5.74) is 3.07. The van der Waals surface area contributed by atoms with Crippen molar-refractivity contribution in [3.63, 3.8) is 0 Å². The third kappa shape index (κ3) is 4.33. The van der Waals surface area contributed by atoms with E-state index in [-0.39, 0.29) is 18.2 Å². The molecule has 0 aliphatic rings. The number of aliphatic carboxylic acids is 1. The molecule has 0 aliphatic heterocycles. The molecule has 27 heavy (non-hydrogen) atoms. The molecule has 0 radical (unpaired) electrons. The van der Waals surface area contributed by atoms with Crippen LogP contribution in [0.5, 0.6) is 0 Å². The zero-order valence-electron chi connectivity index (χ0n) is 17.0. The van der Waals surface area contributed by atoms with E-state index < -0.39 is 11.5 Å². The Labute approximate surface area is 160 Å². The van der Waals surface area contributed by atoms with Crippen molar-refractivity contribution < 1.29 is 19.4 Å². The van der Waals surface area contributed by atoms with E-state index in [1.54, 1.807) is 20.1 Å². The number of amides is 1. The number of nitrogens with one attached hydrogen (secondary N) is 1. The number of aryl methyl sites for hydroxylation is 1. The highest BCUT2D eigenvalue weighted by molar-refractivity contribution is 5.99. The highest BCUT2D eigenvalue weighted by Gasteiger charge is 2.33. The fourth-order valence-electron chi connectivity index (χ4n) is 3.30. The molecule has 0 fully saturated rings. The first-order valence-corrected chi connectivity index (χ1v) is 9.23. The third-order valence-electron chi connectivity index (χ3n) is 5.61. The van der Waals surface area contributed by atoms with E-state index in [1.165, 1.54) is 0 Å². The Morgan fingerprint density at radius 3 is 2.52 bits per heavy atom. The van der Waals surface area contributed by atoms with Crippen LogP contribution in [0.4, 0.5) is 0 Å². The lowest BCUT2D eigenvalue weighted by atomic mass is 9.85. The average molecular weight is 374 g/mol. The fraction of sp³-hybridized carbons (Fsp3) is 0.524. The first kappa shape index (κ1) is 21.0. The quantitative estimate of drug-likeness (QED) is 0.741. The topological polar surface area (TPSA) is 80.6 Å². The normalized spacial score (nSPS) is 13.7. The largest absolute Gasteiger partial charge is 0.481 e. The Morgan fingerprint density at radius 2 is 1.96 bits per heavy atom. The number of nitrogens with zero attached hydrogens (tertiary/aromatic N) is 1. The number of hydrogen-bond acceptors (Lipinski definition) is 3. The maximum absolute atomic E-state index is 12.8. The number of hydrogen-bond donors (Lipinski definition) is 2. The first-order chi connectivity index (χ1) is 12.6. The van der Waals surface area contributed by atoms with Crippen molar-refractivity contribution in [1.82, 2.24) is 9.88 Å². The molecular formula is C21H30N2O4. The van der Waals surface area contributed by atoms with Crippen molar-refractivity contribution in [3.8, 4) is 0 Å². The summed E-state index contributed by atoms with van der Waals surface area (Å²) in [7, 11) is 1.68. The van der Waals surface area contributed by atoms with Gasteiger partial charge >= 0.3 is 5.97 Å². The second-order valence-electron chi connectivity index (χ2n) is 7.68. The number of carboxylic acid groups (broad SMARTS) is 1. The summed E-state index contributed by atoms with van der Waals surface area (Å²) in [5.74, 6) is -1.19. The second kappa shape index (κ2) is 8.13. The number of ether oxygens (including phenoxy) is 1. The summed E-state index contributed by atoms with van der Waals surface area (Å²) >= 11 is 0. The molecule has 1 aromatic carbocycles. The smallest absolute Gasteiger partial charge is 0.305 e. The zero-order chi connectivity index (χ0) is 20.4. The Morgan fingerprint density at radius 1 is 1.30 bits per heavy atom. The van der Waals surface area contributed by atoms with Crippen molar-refractivity contribution >= 4 is 22.8 Å². The predicted molar refractivity (Wildman–Crippen MR) is 106 cm³/mol. The van der Waals surface area contributed by atoms with Gasteiger partial charge in [0.15, 0.2) is 0 Å². The van der Waals surface area contributed by atoms with Crippen LogP contribution in [0.15, 0.2) is 18.2 Å². The molecule has 2 aromatic rings. The van der Waals surface area contributed by atoms with E-state index in [1.807, 2.05) is 32.9 Å². The maximum atomic E-state index is 12.8. The van der Waals surface area contributed by atoms with Gasteiger partial charge in [0, 0.05) is 35.8 Å². The van der Waals surface area contributed by atoms with Crippen molar-refractivity contribution in [2.24, 2.45) is 5.92 Å². The average Bonchev–Trinajstić information content (AvgIpc) is 2.82. The van der Waals surface area contributed by atoms with Gasteiger partial charge in [0.05, 0.1) is 18.6 Å². The molecule has 0 saturated heterocycles. The standard InChI is InChI=1S/C21H30N2O4/c1-13(2)21(5,12-19(24)25)22-20(26)16-7-8-18-17(11-16)14(3)15(4)23(18)9-10-27-6/h7-8,11,13H,9-10,12H2,1-6H3,(H,22,26)(H,24,25). The van der Waals surface area contributed by atoms with Crippen LogP contribution in [0, 0.1) is 19.8 Å². The van der Waals surface area contributed by atoms with Crippen LogP contribution >= 0.6 is 0 Å². The van der Waals surface area contributed by atoms with E-state index in [4.69, 9.17) is 4.74 Å². The summed E-state index contributed by atoms with van der Waals surface area (Å²) in [6.07, 6.45) is -0.121. The van der Waals surface area contributed by atoms with Gasteiger partial charge in [-0.2, -0.15) is 0 Å². The van der Waals surface area contributed by atoms with Gasteiger partial charge in [0.1, 0.15) is 0 Å². The predicted octanol–water partition coefficient (Wildman–Crippen LogP) is 3.52. The van der Waals surface area contributed by atoms with E-state index in [9.17, 15) is 14.7 Å². The van der Waals surface area contributed by atoms with Gasteiger partial charge < -0.3 is 19.7 Å². The maximum Gasteiger partial charge on any atom is 0.305 e. The van der Waals surface area contributed by atoms with Crippen LogP contribution < -0.4 is 5.32 Å². The minimum Gasteiger partial charge on any atom is -0.481 e. The van der Waals surface area contributed by atoms with Gasteiger partial charge in [-0.15, -0.1) is 0 Å². The number of aromatic nitrogens is 1. The minimum absolute atomic E-state index is 0.0135. The van der Waals surface area contributed by atoms with E-state index >= 15 is 0 Å². The molecule has 0 spiro atoms. The lowest BCUT2D eigenvalue weighted by molar-refractivity contribution is -0.138. The molecule has 1 heterocycles. The molecule has 6 nitrogen and oxygen atoms in total. The summed E-state index contributed by atoms with van der Waals surface area (Å²) in [6.45, 7) is 11.1. The molecule has 0 bridgehead atoms. The van der Waals surface area contributed by atoms with Crippen LogP contribution in [-0.4, -0.2) is 40.8 Å². The van der Waals surface area contributed by atoms with Crippen molar-refractivity contribution in [2.45, 2.75) is 53.1 Å². The zero-order valence-corrected chi connectivity index (χ0v) is 17.0. The summed E-state index contributed by atoms with van der Waals surface area (Å²) in [6, 6.07) is 5.63. The highest BCUT2D eigenvalue weighted by Crippen LogP contribution is 2.27. The van der Waals surface area contributed by atoms with E-state index in [0.717, 1.165) is 28.7 Å². The molecule has 1 amide bonds. The number of methoxy groups -OCH3 is 1. The Balaban J connectivity index is 2.37. The van der Waals surface area contributed by atoms with E-state index in [0.29, 0.717) is 12.2 Å². The minimum atomic E-state index is -0.927. The number of rotatable bonds is 8. The van der Waals surface area contributed by atoms with Gasteiger partial charge in [-0.1, -0.05) is 13.8 Å². The molecule has 6 heteroatoms. The molecule has 148 valence electrons. The van der Waals surface area contributed by atoms with Crippen LogP contribution in [-0.2, 0) is 16.1 Å². The number of carboxylic acids is 1. The van der Waals surface area contributed by atoms with Gasteiger partial charge in [-0.3, -0.25) is 9.59 Å². The number of carbonyl (C=O) groups excluding carboxylic acids is 1. The van der Waals surface area contributed by atoms with Crippen LogP contribution in [0.1, 0.15) is 48.8 Å². The van der Waals surface area contributed by atoms with Gasteiger partial charge in [0.2, 0.25) is 0 Å². The van der Waals surface area contributed by atoms with Gasteiger partial charge in [-0.05, 0) is 50.5 Å². The lowest BCUT2D eigenvalue weighted by Crippen LogP contribution is -2.51. The van der Waals surface area contributed by atoms with Crippen molar-refractivity contribution in [3.05, 3.63) is 35.0 Å². The van der Waals surface area contributed by atoms with E-state index in [2.05, 4.69) is 16.8 Å². The van der Waals surface area contributed by atoms with Crippen LogP contribution in [0.3, 0.4) is 0 Å². The first-order valence-electron chi connectivity index (χ1n) is 9.23. The monoisotopic (exact) mass is 374 g/mol. The van der Waals surface area contributed by atoms with Crippen molar-refractivity contribution in [2.75, 3.05) is 13.7 Å². The molecule has 0 saturated carbocycles. The number of fused-ring (bicyclic) bond motifs is 1.